The monoisotopic (exact) mass is 226 g/mol. The van der Waals surface area contributed by atoms with Crippen LogP contribution in [0.15, 0.2) is 34.6 Å². The Morgan fingerprint density at radius 1 is 1.08 bits per heavy atom. The van der Waals surface area contributed by atoms with Crippen LogP contribution < -0.4 is 0 Å². The zero-order valence-electron chi connectivity index (χ0n) is 7.00. The highest BCUT2D eigenvalue weighted by Crippen LogP contribution is 2.21. The van der Waals surface area contributed by atoms with E-state index in [-0.39, 0.29) is 16.3 Å². The first-order valence-electron chi connectivity index (χ1n) is 3.66. The minimum Gasteiger partial charge on any atom is -0.505 e. The summed E-state index contributed by atoms with van der Waals surface area (Å²) in [5, 5.41) is 18.8. The SMILES string of the molecule is BC1=CC(Br)C=C(B)C(O)=C1O. The van der Waals surface area contributed by atoms with Gasteiger partial charge < -0.3 is 10.2 Å². The Balaban J connectivity index is 3.18. The Hall–Kier alpha value is -0.570. The van der Waals surface area contributed by atoms with Gasteiger partial charge in [-0.15, -0.1) is 0 Å². The first-order valence-corrected chi connectivity index (χ1v) is 4.58. The molecule has 2 nitrogen and oxygen atoms in total. The van der Waals surface area contributed by atoms with Crippen molar-refractivity contribution in [2.24, 2.45) is 0 Å². The Labute approximate surface area is 81.6 Å². The predicted molar refractivity (Wildman–Crippen MR) is 58.3 cm³/mol. The molecule has 0 atom stereocenters. The van der Waals surface area contributed by atoms with Gasteiger partial charge in [0, 0.05) is 0 Å². The molecule has 5 heteroatoms. The topological polar surface area (TPSA) is 40.5 Å². The third kappa shape index (κ3) is 1.78. The van der Waals surface area contributed by atoms with Crippen LogP contribution in [-0.4, -0.2) is 30.7 Å². The maximum atomic E-state index is 9.41. The minimum absolute atomic E-state index is 0.0364. The van der Waals surface area contributed by atoms with Crippen molar-refractivity contribution < 1.29 is 10.2 Å². The lowest BCUT2D eigenvalue weighted by Crippen LogP contribution is -1.96. The second-order valence-electron chi connectivity index (χ2n) is 2.84. The van der Waals surface area contributed by atoms with Crippen LogP contribution in [0.25, 0.3) is 0 Å². The van der Waals surface area contributed by atoms with E-state index >= 15 is 0 Å². The Kier molecular flexibility index (Phi) is 2.72. The largest absolute Gasteiger partial charge is 0.505 e. The second kappa shape index (κ2) is 3.44. The zero-order valence-corrected chi connectivity index (χ0v) is 8.59. The number of allylic oxidation sites excluding steroid dienone is 4. The van der Waals surface area contributed by atoms with E-state index in [4.69, 9.17) is 0 Å². The van der Waals surface area contributed by atoms with Crippen LogP contribution in [0, 0.1) is 0 Å². The third-order valence-corrected chi connectivity index (χ3v) is 2.32. The highest BCUT2D eigenvalue weighted by Gasteiger charge is 2.13. The maximum Gasteiger partial charge on any atom is 0.150 e. The molecule has 1 rings (SSSR count). The van der Waals surface area contributed by atoms with Gasteiger partial charge in [0.1, 0.15) is 27.2 Å². The fourth-order valence-electron chi connectivity index (χ4n) is 1.06. The molecule has 0 heterocycles. The lowest BCUT2D eigenvalue weighted by atomic mass is 9.89. The lowest BCUT2D eigenvalue weighted by molar-refractivity contribution is 0.348. The molecule has 0 spiro atoms. The van der Waals surface area contributed by atoms with E-state index in [1.807, 2.05) is 12.2 Å². The van der Waals surface area contributed by atoms with Gasteiger partial charge in [-0.05, 0) is 10.9 Å². The molecular weight excluding hydrogens is 218 g/mol. The van der Waals surface area contributed by atoms with Gasteiger partial charge in [0.25, 0.3) is 0 Å². The quantitative estimate of drug-likeness (QED) is 0.455. The van der Waals surface area contributed by atoms with Crippen LogP contribution in [0.4, 0.5) is 0 Å². The highest BCUT2D eigenvalue weighted by atomic mass is 79.9. The van der Waals surface area contributed by atoms with Crippen molar-refractivity contribution in [3.63, 3.8) is 0 Å². The van der Waals surface area contributed by atoms with E-state index in [0.717, 1.165) is 0 Å². The molecule has 2 N–H and O–H groups in total. The van der Waals surface area contributed by atoms with Gasteiger partial charge in [0.2, 0.25) is 0 Å². The van der Waals surface area contributed by atoms with Crippen molar-refractivity contribution in [3.8, 4) is 0 Å². The van der Waals surface area contributed by atoms with E-state index in [1.54, 1.807) is 15.7 Å². The number of aliphatic hydroxyl groups is 2. The fraction of sp³-hybridized carbons (Fsp3) is 0.143. The van der Waals surface area contributed by atoms with Crippen LogP contribution in [-0.2, 0) is 0 Å². The van der Waals surface area contributed by atoms with Gasteiger partial charge in [0.05, 0.1) is 4.83 Å². The maximum absolute atomic E-state index is 9.41. The van der Waals surface area contributed by atoms with Crippen molar-refractivity contribution in [3.05, 3.63) is 34.6 Å². The van der Waals surface area contributed by atoms with Crippen molar-refractivity contribution in [1.82, 2.24) is 0 Å². The van der Waals surface area contributed by atoms with Gasteiger partial charge in [-0.1, -0.05) is 28.1 Å². The van der Waals surface area contributed by atoms with Gasteiger partial charge >= 0.3 is 0 Å². The molecule has 62 valence electrons. The number of alkyl halides is 1. The summed E-state index contributed by atoms with van der Waals surface area (Å²) in [5.74, 6) is -0.0728. The molecule has 0 aromatic rings. The molecule has 12 heavy (non-hydrogen) atoms. The van der Waals surface area contributed by atoms with Gasteiger partial charge in [-0.2, -0.15) is 0 Å². The van der Waals surface area contributed by atoms with E-state index in [9.17, 15) is 10.2 Å². The van der Waals surface area contributed by atoms with Crippen molar-refractivity contribution >= 4 is 31.6 Å². The highest BCUT2D eigenvalue weighted by molar-refractivity contribution is 9.09. The fourth-order valence-corrected chi connectivity index (χ4v) is 1.85. The van der Waals surface area contributed by atoms with E-state index in [2.05, 4.69) is 15.9 Å². The molecule has 1 aliphatic carbocycles. The summed E-state index contributed by atoms with van der Waals surface area (Å²) in [7, 11) is 3.51. The summed E-state index contributed by atoms with van der Waals surface area (Å²) in [4.78, 5) is 0.0734. The standard InChI is InChI=1S/C7H9B2BrO2/c8-4-1-3(10)2-5(9)7(12)6(4)11/h1-3,11-12H,8-9H2. The molecule has 0 saturated carbocycles. The summed E-state index contributed by atoms with van der Waals surface area (Å²) in [5.41, 5.74) is 1.37. The molecule has 0 radical (unpaired) electrons. The third-order valence-electron chi connectivity index (χ3n) is 1.79. The molecule has 0 unspecified atom stereocenters. The van der Waals surface area contributed by atoms with Crippen LogP contribution in [0.3, 0.4) is 0 Å². The first-order chi connectivity index (χ1) is 5.52. The summed E-state index contributed by atoms with van der Waals surface area (Å²) in [6.07, 6.45) is 3.67. The molecule has 0 aliphatic heterocycles. The Bertz CT molecular complexity index is 266. The number of rotatable bonds is 0. The minimum atomic E-state index is -0.0364. The number of halogens is 1. The lowest BCUT2D eigenvalue weighted by Gasteiger charge is -2.02. The number of hydrogen-bond acceptors (Lipinski definition) is 2. The summed E-state index contributed by atoms with van der Waals surface area (Å²) in [6, 6.07) is 0. The number of aliphatic hydroxyl groups excluding tert-OH is 2. The number of hydrogen-bond donors (Lipinski definition) is 2. The average Bonchev–Trinajstić information content (AvgIpc) is 2.05. The Morgan fingerprint density at radius 3 is 1.75 bits per heavy atom. The predicted octanol–water partition coefficient (Wildman–Crippen LogP) is 0.125. The molecule has 0 bridgehead atoms. The van der Waals surface area contributed by atoms with E-state index in [1.165, 1.54) is 0 Å². The van der Waals surface area contributed by atoms with Crippen molar-refractivity contribution in [2.75, 3.05) is 0 Å². The van der Waals surface area contributed by atoms with Gasteiger partial charge in [-0.3, -0.25) is 0 Å². The van der Waals surface area contributed by atoms with Crippen molar-refractivity contribution in [1.29, 1.82) is 0 Å². The molecule has 0 saturated heterocycles. The summed E-state index contributed by atoms with van der Waals surface area (Å²) < 4.78 is 0. The molecule has 0 fully saturated rings. The van der Waals surface area contributed by atoms with Gasteiger partial charge in [0.15, 0.2) is 0 Å². The normalized spacial score (nSPS) is 20.1. The van der Waals surface area contributed by atoms with E-state index < -0.39 is 0 Å². The second-order valence-corrected chi connectivity index (χ2v) is 3.90. The van der Waals surface area contributed by atoms with Crippen LogP contribution in [0.2, 0.25) is 0 Å². The van der Waals surface area contributed by atoms with Crippen LogP contribution >= 0.6 is 15.9 Å². The van der Waals surface area contributed by atoms with E-state index in [0.29, 0.717) is 10.9 Å². The van der Waals surface area contributed by atoms with Crippen LogP contribution in [0.1, 0.15) is 0 Å². The smallest absolute Gasteiger partial charge is 0.150 e. The molecule has 0 aromatic heterocycles. The molecule has 0 amide bonds. The summed E-state index contributed by atoms with van der Waals surface area (Å²) >= 11 is 3.37. The van der Waals surface area contributed by atoms with Crippen LogP contribution in [0.5, 0.6) is 0 Å². The molecule has 1 aliphatic rings. The van der Waals surface area contributed by atoms with Crippen molar-refractivity contribution in [2.45, 2.75) is 4.83 Å². The molecule has 0 aromatic carbocycles. The average molecular weight is 227 g/mol. The van der Waals surface area contributed by atoms with Gasteiger partial charge in [-0.25, -0.2) is 0 Å². The first kappa shape index (κ1) is 9.52. The Morgan fingerprint density at radius 2 is 1.42 bits per heavy atom. The zero-order chi connectivity index (χ0) is 9.30. The summed E-state index contributed by atoms with van der Waals surface area (Å²) in [6.45, 7) is 0. The molecular formula is C7H9B2BrO2.